The van der Waals surface area contributed by atoms with Gasteiger partial charge in [-0.1, -0.05) is 35.9 Å². The van der Waals surface area contributed by atoms with E-state index in [1.807, 2.05) is 0 Å². The number of aliphatic hydroxyl groups is 1. The van der Waals surface area contributed by atoms with Crippen LogP contribution in [0.3, 0.4) is 0 Å². The van der Waals surface area contributed by atoms with Crippen LogP contribution in [0.15, 0.2) is 72.3 Å². The zero-order valence-corrected chi connectivity index (χ0v) is 18.5. The van der Waals surface area contributed by atoms with Crippen molar-refractivity contribution in [2.24, 2.45) is 0 Å². The molecule has 1 heterocycles. The van der Waals surface area contributed by atoms with E-state index in [9.17, 15) is 19.1 Å². The number of hydrogen-bond acceptors (Lipinski definition) is 5. The van der Waals surface area contributed by atoms with Crippen molar-refractivity contribution in [1.82, 2.24) is 0 Å². The van der Waals surface area contributed by atoms with Crippen molar-refractivity contribution < 1.29 is 28.6 Å². The fourth-order valence-electron chi connectivity index (χ4n) is 3.90. The maximum absolute atomic E-state index is 13.7. The molecule has 0 bridgehead atoms. The van der Waals surface area contributed by atoms with Crippen LogP contribution in [0.5, 0.6) is 11.5 Å². The Labute approximate surface area is 194 Å². The summed E-state index contributed by atoms with van der Waals surface area (Å²) in [5.41, 5.74) is 0.712. The minimum atomic E-state index is -1.04. The lowest BCUT2D eigenvalue weighted by Gasteiger charge is -2.26. The van der Waals surface area contributed by atoms with Gasteiger partial charge < -0.3 is 14.6 Å². The van der Waals surface area contributed by atoms with Crippen molar-refractivity contribution >= 4 is 34.7 Å². The van der Waals surface area contributed by atoms with Gasteiger partial charge in [0.2, 0.25) is 0 Å². The number of ether oxygens (including phenoxy) is 2. The average Bonchev–Trinajstić information content (AvgIpc) is 3.09. The van der Waals surface area contributed by atoms with Gasteiger partial charge in [-0.15, -0.1) is 0 Å². The van der Waals surface area contributed by atoms with E-state index < -0.39 is 29.3 Å². The van der Waals surface area contributed by atoms with Crippen molar-refractivity contribution in [3.8, 4) is 11.5 Å². The molecule has 1 atom stereocenters. The van der Waals surface area contributed by atoms with E-state index in [0.717, 1.165) is 0 Å². The first kappa shape index (κ1) is 22.4. The summed E-state index contributed by atoms with van der Waals surface area (Å²) in [5.74, 6) is -2.22. The number of rotatable bonds is 5. The molecule has 3 aromatic rings. The molecule has 8 heteroatoms. The number of nitrogens with zero attached hydrogens (tertiary/aromatic N) is 1. The third-order valence-electron chi connectivity index (χ3n) is 5.38. The molecule has 0 saturated carbocycles. The minimum Gasteiger partial charge on any atom is -0.506 e. The Bertz CT molecular complexity index is 1250. The number of aliphatic hydroxyl groups excluding tert-OH is 1. The van der Waals surface area contributed by atoms with Gasteiger partial charge in [-0.3, -0.25) is 14.5 Å². The van der Waals surface area contributed by atoms with Crippen LogP contribution in [0.1, 0.15) is 17.2 Å². The first-order chi connectivity index (χ1) is 15.9. The van der Waals surface area contributed by atoms with Gasteiger partial charge in [0.1, 0.15) is 28.6 Å². The Morgan fingerprint density at radius 1 is 0.970 bits per heavy atom. The normalized spacial score (nSPS) is 17.3. The standard InChI is InChI=1S/C25H19ClFNO5/c1-32-18-7-4-8-19(33-2)20(18)23(29)21-22(14-9-11-16(27)12-10-14)28(25(31)24(21)30)17-6-3-5-15(26)13-17/h3-13,22,29H,1-2H3/b23-21+. The highest BCUT2D eigenvalue weighted by Gasteiger charge is 2.47. The number of hydrogen-bond donors (Lipinski definition) is 1. The molecule has 1 aliphatic heterocycles. The molecule has 1 unspecified atom stereocenters. The Morgan fingerprint density at radius 2 is 1.58 bits per heavy atom. The van der Waals surface area contributed by atoms with Crippen LogP contribution < -0.4 is 14.4 Å². The quantitative estimate of drug-likeness (QED) is 0.320. The van der Waals surface area contributed by atoms with Crippen LogP contribution in [-0.4, -0.2) is 31.0 Å². The molecule has 33 heavy (non-hydrogen) atoms. The lowest BCUT2D eigenvalue weighted by molar-refractivity contribution is -0.132. The third kappa shape index (κ3) is 3.91. The second kappa shape index (κ2) is 8.96. The van der Waals surface area contributed by atoms with Crippen LogP contribution in [-0.2, 0) is 9.59 Å². The number of benzene rings is 3. The summed E-state index contributed by atoms with van der Waals surface area (Å²) in [5, 5.41) is 11.7. The van der Waals surface area contributed by atoms with Crippen LogP contribution >= 0.6 is 11.6 Å². The Morgan fingerprint density at radius 3 is 2.15 bits per heavy atom. The Kier molecular flexibility index (Phi) is 6.07. The lowest BCUT2D eigenvalue weighted by atomic mass is 9.94. The number of amides is 1. The number of halogens is 2. The zero-order valence-electron chi connectivity index (χ0n) is 17.7. The number of methoxy groups -OCH3 is 2. The van der Waals surface area contributed by atoms with E-state index in [-0.39, 0.29) is 22.6 Å². The summed E-state index contributed by atoms with van der Waals surface area (Å²) in [7, 11) is 2.82. The Balaban J connectivity index is 2.01. The molecule has 0 radical (unpaired) electrons. The molecule has 1 N–H and O–H groups in total. The van der Waals surface area contributed by atoms with Crippen molar-refractivity contribution in [2.45, 2.75) is 6.04 Å². The number of anilines is 1. The van der Waals surface area contributed by atoms with E-state index >= 15 is 0 Å². The summed E-state index contributed by atoms with van der Waals surface area (Å²) in [6, 6.07) is 15.6. The molecule has 0 aromatic heterocycles. The maximum atomic E-state index is 13.7. The van der Waals surface area contributed by atoms with E-state index in [2.05, 4.69) is 0 Å². The second-order valence-electron chi connectivity index (χ2n) is 7.24. The van der Waals surface area contributed by atoms with E-state index in [1.54, 1.807) is 36.4 Å². The number of carbonyl (C=O) groups excluding carboxylic acids is 2. The number of carbonyl (C=O) groups is 2. The van der Waals surface area contributed by atoms with E-state index in [0.29, 0.717) is 16.3 Å². The summed E-state index contributed by atoms with van der Waals surface area (Å²) < 4.78 is 24.4. The van der Waals surface area contributed by atoms with Gasteiger partial charge in [0, 0.05) is 10.7 Å². The van der Waals surface area contributed by atoms with Gasteiger partial charge in [-0.2, -0.15) is 0 Å². The van der Waals surface area contributed by atoms with Crippen molar-refractivity contribution in [3.05, 3.63) is 94.3 Å². The molecule has 168 valence electrons. The fraction of sp³-hybridized carbons (Fsp3) is 0.120. The van der Waals surface area contributed by atoms with Gasteiger partial charge in [0.25, 0.3) is 11.7 Å². The molecule has 1 amide bonds. The maximum Gasteiger partial charge on any atom is 0.300 e. The first-order valence-electron chi connectivity index (χ1n) is 9.90. The third-order valence-corrected chi connectivity index (χ3v) is 5.62. The highest BCUT2D eigenvalue weighted by atomic mass is 35.5. The molecule has 0 spiro atoms. The lowest BCUT2D eigenvalue weighted by Crippen LogP contribution is -2.29. The molecule has 3 aromatic carbocycles. The van der Waals surface area contributed by atoms with Crippen LogP contribution in [0.25, 0.3) is 5.76 Å². The monoisotopic (exact) mass is 467 g/mol. The van der Waals surface area contributed by atoms with Crippen molar-refractivity contribution in [3.63, 3.8) is 0 Å². The van der Waals surface area contributed by atoms with E-state index in [1.165, 1.54) is 49.5 Å². The molecular weight excluding hydrogens is 449 g/mol. The van der Waals surface area contributed by atoms with Crippen LogP contribution in [0.2, 0.25) is 5.02 Å². The van der Waals surface area contributed by atoms with Crippen LogP contribution in [0, 0.1) is 5.82 Å². The smallest absolute Gasteiger partial charge is 0.300 e. The van der Waals surface area contributed by atoms with Gasteiger partial charge in [0.15, 0.2) is 0 Å². The molecule has 6 nitrogen and oxygen atoms in total. The molecule has 0 aliphatic carbocycles. The minimum absolute atomic E-state index is 0.124. The number of ketones is 1. The average molecular weight is 468 g/mol. The second-order valence-corrected chi connectivity index (χ2v) is 7.67. The van der Waals surface area contributed by atoms with Crippen molar-refractivity contribution in [2.75, 3.05) is 19.1 Å². The van der Waals surface area contributed by atoms with E-state index in [4.69, 9.17) is 21.1 Å². The largest absolute Gasteiger partial charge is 0.506 e. The molecular formula is C25H19ClFNO5. The molecule has 4 rings (SSSR count). The van der Waals surface area contributed by atoms with Gasteiger partial charge in [-0.25, -0.2) is 4.39 Å². The zero-order chi connectivity index (χ0) is 23.7. The Hall–Kier alpha value is -3.84. The molecule has 1 aliphatic rings. The topological polar surface area (TPSA) is 76.1 Å². The summed E-state index contributed by atoms with van der Waals surface area (Å²) in [4.78, 5) is 27.6. The summed E-state index contributed by atoms with van der Waals surface area (Å²) >= 11 is 6.13. The summed E-state index contributed by atoms with van der Waals surface area (Å²) in [6.45, 7) is 0. The highest BCUT2D eigenvalue weighted by molar-refractivity contribution is 6.52. The molecule has 1 saturated heterocycles. The predicted octanol–water partition coefficient (Wildman–Crippen LogP) is 5.12. The SMILES string of the molecule is COc1cccc(OC)c1/C(O)=C1\C(=O)C(=O)N(c2cccc(Cl)c2)C1c1ccc(F)cc1. The summed E-state index contributed by atoms with van der Waals surface area (Å²) in [6.07, 6.45) is 0. The first-order valence-corrected chi connectivity index (χ1v) is 10.3. The van der Waals surface area contributed by atoms with Crippen LogP contribution in [0.4, 0.5) is 10.1 Å². The molecule has 1 fully saturated rings. The van der Waals surface area contributed by atoms with Gasteiger partial charge in [0.05, 0.1) is 25.8 Å². The number of Topliss-reactive ketones (excluding diaryl/α,β-unsaturated/α-hetero) is 1. The predicted molar refractivity (Wildman–Crippen MR) is 122 cm³/mol. The fourth-order valence-corrected chi connectivity index (χ4v) is 4.09. The van der Waals surface area contributed by atoms with Gasteiger partial charge >= 0.3 is 0 Å². The van der Waals surface area contributed by atoms with Gasteiger partial charge in [-0.05, 0) is 48.0 Å². The van der Waals surface area contributed by atoms with Crippen molar-refractivity contribution in [1.29, 1.82) is 0 Å². The highest BCUT2D eigenvalue weighted by Crippen LogP contribution is 2.45.